The Balaban J connectivity index is 1.24. The first-order valence-electron chi connectivity index (χ1n) is 9.79. The molecule has 4 rings (SSSR count). The zero-order valence-electron chi connectivity index (χ0n) is 14.7. The monoisotopic (exact) mass is 326 g/mol. The van der Waals surface area contributed by atoms with Gasteiger partial charge in [0.15, 0.2) is 0 Å². The summed E-state index contributed by atoms with van der Waals surface area (Å²) >= 11 is 0. The van der Waals surface area contributed by atoms with Crippen molar-refractivity contribution in [3.05, 3.63) is 36.1 Å². The second kappa shape index (κ2) is 7.71. The van der Waals surface area contributed by atoms with Gasteiger partial charge in [0, 0.05) is 10.9 Å². The van der Waals surface area contributed by atoms with Crippen LogP contribution in [0.15, 0.2) is 34.9 Å². The fourth-order valence-corrected chi connectivity index (χ4v) is 4.56. The van der Waals surface area contributed by atoms with Gasteiger partial charge in [-0.1, -0.05) is 18.2 Å². The summed E-state index contributed by atoms with van der Waals surface area (Å²) in [6.45, 7) is 6.25. The summed E-state index contributed by atoms with van der Waals surface area (Å²) in [5, 5.41) is 4.86. The van der Waals surface area contributed by atoms with Crippen LogP contribution in [0.5, 0.6) is 0 Å². The van der Waals surface area contributed by atoms with Crippen molar-refractivity contribution in [3.8, 4) is 0 Å². The lowest BCUT2D eigenvalue weighted by Crippen LogP contribution is -2.34. The van der Waals surface area contributed by atoms with Crippen LogP contribution in [0.1, 0.15) is 50.0 Å². The Hall–Kier alpha value is -1.32. The number of fused-ring (bicyclic) bond motifs is 1. The zero-order chi connectivity index (χ0) is 16.2. The molecule has 2 aromatic rings. The van der Waals surface area contributed by atoms with E-state index in [-0.39, 0.29) is 0 Å². The van der Waals surface area contributed by atoms with Crippen molar-refractivity contribution in [2.45, 2.75) is 44.4 Å². The van der Waals surface area contributed by atoms with E-state index in [1.165, 1.54) is 82.2 Å². The van der Waals surface area contributed by atoms with E-state index in [9.17, 15) is 0 Å². The molecule has 1 atom stereocenters. The fourth-order valence-electron chi connectivity index (χ4n) is 4.56. The second-order valence-corrected chi connectivity index (χ2v) is 7.66. The highest BCUT2D eigenvalue weighted by Gasteiger charge is 2.23. The SMILES string of the molecule is c1ccc2c(C3CCN(CCCC4CCCNC4)CC3)coc2c1. The highest BCUT2D eigenvalue weighted by Crippen LogP contribution is 2.34. The molecule has 1 aromatic heterocycles. The van der Waals surface area contributed by atoms with Gasteiger partial charge in [-0.2, -0.15) is 0 Å². The quantitative estimate of drug-likeness (QED) is 0.883. The molecule has 0 amide bonds. The van der Waals surface area contributed by atoms with Gasteiger partial charge < -0.3 is 14.6 Å². The van der Waals surface area contributed by atoms with E-state index in [1.54, 1.807) is 0 Å². The van der Waals surface area contributed by atoms with Crippen molar-refractivity contribution in [2.24, 2.45) is 5.92 Å². The standard InChI is InChI=1S/C21H30N2O/c1-2-8-21-19(7-1)20(16-24-21)18-9-13-23(14-10-18)12-4-6-17-5-3-11-22-15-17/h1-2,7-8,16-18,22H,3-6,9-15H2. The first-order valence-corrected chi connectivity index (χ1v) is 9.79. The molecule has 3 heteroatoms. The van der Waals surface area contributed by atoms with Crippen molar-refractivity contribution in [3.63, 3.8) is 0 Å². The van der Waals surface area contributed by atoms with Gasteiger partial charge in [0.2, 0.25) is 0 Å². The van der Waals surface area contributed by atoms with E-state index in [1.807, 2.05) is 6.26 Å². The Morgan fingerprint density at radius 2 is 2.00 bits per heavy atom. The van der Waals surface area contributed by atoms with Crippen LogP contribution in [-0.4, -0.2) is 37.6 Å². The van der Waals surface area contributed by atoms with Crippen LogP contribution >= 0.6 is 0 Å². The van der Waals surface area contributed by atoms with Crippen LogP contribution in [0.4, 0.5) is 0 Å². The van der Waals surface area contributed by atoms with Gasteiger partial charge in [-0.3, -0.25) is 0 Å². The van der Waals surface area contributed by atoms with Gasteiger partial charge in [0.05, 0.1) is 6.26 Å². The Morgan fingerprint density at radius 1 is 1.12 bits per heavy atom. The van der Waals surface area contributed by atoms with Gasteiger partial charge in [-0.05, 0) is 89.2 Å². The highest BCUT2D eigenvalue weighted by molar-refractivity contribution is 5.81. The summed E-state index contributed by atoms with van der Waals surface area (Å²) in [5.41, 5.74) is 2.47. The van der Waals surface area contributed by atoms with Crippen molar-refractivity contribution in [1.29, 1.82) is 0 Å². The molecule has 1 unspecified atom stereocenters. The minimum atomic E-state index is 0.674. The van der Waals surface area contributed by atoms with E-state index in [0.717, 1.165) is 11.5 Å². The Morgan fingerprint density at radius 3 is 2.83 bits per heavy atom. The minimum Gasteiger partial charge on any atom is -0.464 e. The number of para-hydroxylation sites is 1. The van der Waals surface area contributed by atoms with Crippen molar-refractivity contribution in [2.75, 3.05) is 32.7 Å². The smallest absolute Gasteiger partial charge is 0.134 e. The number of likely N-dealkylation sites (tertiary alicyclic amines) is 1. The second-order valence-electron chi connectivity index (χ2n) is 7.66. The van der Waals surface area contributed by atoms with Crippen molar-refractivity contribution in [1.82, 2.24) is 10.2 Å². The third-order valence-corrected chi connectivity index (χ3v) is 6.02. The van der Waals surface area contributed by atoms with Crippen LogP contribution in [0, 0.1) is 5.92 Å². The lowest BCUT2D eigenvalue weighted by molar-refractivity contribution is 0.202. The molecule has 2 saturated heterocycles. The molecule has 0 spiro atoms. The van der Waals surface area contributed by atoms with E-state index in [2.05, 4.69) is 34.5 Å². The number of benzene rings is 1. The maximum absolute atomic E-state index is 5.74. The maximum Gasteiger partial charge on any atom is 0.134 e. The predicted octanol–water partition coefficient (Wildman–Crippen LogP) is 4.39. The van der Waals surface area contributed by atoms with Gasteiger partial charge >= 0.3 is 0 Å². The molecule has 3 nitrogen and oxygen atoms in total. The van der Waals surface area contributed by atoms with Crippen LogP contribution < -0.4 is 5.32 Å². The molecule has 0 radical (unpaired) electrons. The summed E-state index contributed by atoms with van der Waals surface area (Å²) in [7, 11) is 0. The lowest BCUT2D eigenvalue weighted by Gasteiger charge is -2.32. The number of hydrogen-bond acceptors (Lipinski definition) is 3. The number of nitrogens with zero attached hydrogens (tertiary/aromatic N) is 1. The molecule has 0 bridgehead atoms. The summed E-state index contributed by atoms with van der Waals surface area (Å²) in [5.74, 6) is 1.60. The molecule has 1 aromatic carbocycles. The molecule has 24 heavy (non-hydrogen) atoms. The maximum atomic E-state index is 5.74. The van der Waals surface area contributed by atoms with Gasteiger partial charge in [-0.25, -0.2) is 0 Å². The first-order chi connectivity index (χ1) is 11.9. The minimum absolute atomic E-state index is 0.674. The molecule has 0 saturated carbocycles. The van der Waals surface area contributed by atoms with E-state index < -0.39 is 0 Å². The molecule has 130 valence electrons. The van der Waals surface area contributed by atoms with E-state index in [4.69, 9.17) is 4.42 Å². The van der Waals surface area contributed by atoms with Crippen LogP contribution in [0.25, 0.3) is 11.0 Å². The third kappa shape index (κ3) is 3.68. The van der Waals surface area contributed by atoms with Crippen molar-refractivity contribution >= 4 is 11.0 Å². The van der Waals surface area contributed by atoms with Crippen LogP contribution in [-0.2, 0) is 0 Å². The zero-order valence-corrected chi connectivity index (χ0v) is 14.7. The molecule has 0 aliphatic carbocycles. The average Bonchev–Trinajstić information content (AvgIpc) is 3.07. The predicted molar refractivity (Wildman–Crippen MR) is 99.5 cm³/mol. The normalized spacial score (nSPS) is 23.8. The molecule has 2 fully saturated rings. The molecular weight excluding hydrogens is 296 g/mol. The first kappa shape index (κ1) is 16.2. The van der Waals surface area contributed by atoms with Gasteiger partial charge in [0.1, 0.15) is 5.58 Å². The molecule has 3 heterocycles. The fraction of sp³-hybridized carbons (Fsp3) is 0.619. The van der Waals surface area contributed by atoms with Gasteiger partial charge in [0.25, 0.3) is 0 Å². The number of piperidine rings is 2. The Bertz CT molecular complexity index is 636. The molecule has 1 N–H and O–H groups in total. The third-order valence-electron chi connectivity index (χ3n) is 6.02. The highest BCUT2D eigenvalue weighted by atomic mass is 16.3. The number of rotatable bonds is 5. The Labute approximate surface area is 145 Å². The van der Waals surface area contributed by atoms with Crippen molar-refractivity contribution < 1.29 is 4.42 Å². The number of furan rings is 1. The summed E-state index contributed by atoms with van der Waals surface area (Å²) in [6, 6.07) is 8.46. The average molecular weight is 326 g/mol. The van der Waals surface area contributed by atoms with Crippen LogP contribution in [0.3, 0.4) is 0 Å². The number of hydrogen-bond donors (Lipinski definition) is 1. The largest absolute Gasteiger partial charge is 0.464 e. The Kier molecular flexibility index (Phi) is 5.19. The molecular formula is C21H30N2O. The summed E-state index contributed by atoms with van der Waals surface area (Å²) in [6.07, 6.45) is 10.1. The molecule has 2 aliphatic rings. The number of nitrogens with one attached hydrogen (secondary N) is 1. The molecule has 2 aliphatic heterocycles. The van der Waals surface area contributed by atoms with E-state index >= 15 is 0 Å². The van der Waals surface area contributed by atoms with Gasteiger partial charge in [-0.15, -0.1) is 0 Å². The summed E-state index contributed by atoms with van der Waals surface area (Å²) in [4.78, 5) is 2.68. The lowest BCUT2D eigenvalue weighted by atomic mass is 9.89. The van der Waals surface area contributed by atoms with Crippen LogP contribution in [0.2, 0.25) is 0 Å². The summed E-state index contributed by atoms with van der Waals surface area (Å²) < 4.78 is 5.74. The topological polar surface area (TPSA) is 28.4 Å². The van der Waals surface area contributed by atoms with E-state index in [0.29, 0.717) is 5.92 Å².